The highest BCUT2D eigenvalue weighted by Gasteiger charge is 2.06. The second-order valence-corrected chi connectivity index (χ2v) is 3.41. The van der Waals surface area contributed by atoms with Crippen LogP contribution in [-0.4, -0.2) is 30.9 Å². The van der Waals surface area contributed by atoms with Gasteiger partial charge in [-0.2, -0.15) is 9.50 Å². The molecule has 0 amide bonds. The number of thioether (sulfide) groups is 1. The van der Waals surface area contributed by atoms with E-state index >= 15 is 0 Å². The molecule has 0 aliphatic rings. The Morgan fingerprint density at radius 2 is 2.43 bits per heavy atom. The van der Waals surface area contributed by atoms with E-state index in [4.69, 9.17) is 5.11 Å². The van der Waals surface area contributed by atoms with E-state index in [9.17, 15) is 4.79 Å². The van der Waals surface area contributed by atoms with Gasteiger partial charge in [0.15, 0.2) is 5.16 Å². The molecule has 0 bridgehead atoms. The first kappa shape index (κ1) is 9.22. The molecule has 0 aliphatic carbocycles. The normalized spacial score (nSPS) is 11.0. The van der Waals surface area contributed by atoms with Gasteiger partial charge in [0, 0.05) is 6.07 Å². The summed E-state index contributed by atoms with van der Waals surface area (Å²) in [5.41, 5.74) is 0.0565. The van der Waals surface area contributed by atoms with Gasteiger partial charge in [-0.25, -0.2) is 4.98 Å². The molecule has 0 aliphatic heterocycles. The smallest absolute Gasteiger partial charge is 0.274 e. The van der Waals surface area contributed by atoms with Crippen LogP contribution in [-0.2, 0) is 6.61 Å². The van der Waals surface area contributed by atoms with Crippen molar-refractivity contribution in [2.45, 2.75) is 11.8 Å². The molecule has 0 fully saturated rings. The van der Waals surface area contributed by atoms with E-state index in [-0.39, 0.29) is 17.9 Å². The number of fused-ring (bicyclic) bond motifs is 1. The van der Waals surface area contributed by atoms with Crippen LogP contribution in [0.15, 0.2) is 16.0 Å². The average molecular weight is 212 g/mol. The Balaban J connectivity index is 2.73. The minimum atomic E-state index is -0.271. The maximum atomic E-state index is 11.4. The Morgan fingerprint density at radius 3 is 3.07 bits per heavy atom. The van der Waals surface area contributed by atoms with Gasteiger partial charge in [-0.3, -0.25) is 9.89 Å². The first-order chi connectivity index (χ1) is 6.74. The zero-order valence-corrected chi connectivity index (χ0v) is 8.21. The van der Waals surface area contributed by atoms with E-state index in [0.717, 1.165) is 0 Å². The van der Waals surface area contributed by atoms with Crippen LogP contribution in [0, 0.1) is 0 Å². The third-order valence-electron chi connectivity index (χ3n) is 1.72. The summed E-state index contributed by atoms with van der Waals surface area (Å²) in [5.74, 6) is 0.283. The number of aliphatic hydroxyl groups excluding tert-OH is 1. The Bertz CT molecular complexity index is 518. The highest BCUT2D eigenvalue weighted by atomic mass is 32.2. The Hall–Kier alpha value is -1.34. The molecule has 74 valence electrons. The predicted octanol–water partition coefficient (Wildman–Crippen LogP) is -0.368. The molecule has 6 nitrogen and oxygen atoms in total. The fourth-order valence-corrected chi connectivity index (χ4v) is 1.44. The average Bonchev–Trinajstić information content (AvgIpc) is 2.61. The molecular formula is C7H8N4O2S. The summed E-state index contributed by atoms with van der Waals surface area (Å²) >= 11 is 1.39. The van der Waals surface area contributed by atoms with Crippen LogP contribution in [0.4, 0.5) is 0 Å². The number of H-pyrrole nitrogens is 1. The second-order valence-electron chi connectivity index (χ2n) is 2.61. The van der Waals surface area contributed by atoms with Crippen LogP contribution in [0.5, 0.6) is 0 Å². The lowest BCUT2D eigenvalue weighted by atomic mass is 10.4. The zero-order chi connectivity index (χ0) is 10.1. The van der Waals surface area contributed by atoms with Crippen molar-refractivity contribution < 1.29 is 5.11 Å². The van der Waals surface area contributed by atoms with Gasteiger partial charge in [-0.15, -0.1) is 0 Å². The molecule has 2 N–H and O–H groups in total. The van der Waals surface area contributed by atoms with Gasteiger partial charge in [0.2, 0.25) is 0 Å². The number of nitrogens with one attached hydrogen (secondary N) is 1. The van der Waals surface area contributed by atoms with Crippen LogP contribution in [0.1, 0.15) is 5.69 Å². The lowest BCUT2D eigenvalue weighted by Gasteiger charge is -1.93. The minimum absolute atomic E-state index is 0.257. The molecule has 0 atom stereocenters. The summed E-state index contributed by atoms with van der Waals surface area (Å²) in [6.07, 6.45) is 1.84. The van der Waals surface area contributed by atoms with Gasteiger partial charge in [-0.05, 0) is 6.26 Å². The first-order valence-corrected chi connectivity index (χ1v) is 5.10. The van der Waals surface area contributed by atoms with E-state index in [1.807, 2.05) is 6.26 Å². The Morgan fingerprint density at radius 1 is 1.64 bits per heavy atom. The summed E-state index contributed by atoms with van der Waals surface area (Å²) in [7, 11) is 0. The van der Waals surface area contributed by atoms with Crippen molar-refractivity contribution in [3.8, 4) is 0 Å². The lowest BCUT2D eigenvalue weighted by Crippen LogP contribution is -2.15. The van der Waals surface area contributed by atoms with Crippen molar-refractivity contribution in [1.82, 2.24) is 19.6 Å². The van der Waals surface area contributed by atoms with Crippen molar-refractivity contribution >= 4 is 17.5 Å². The monoisotopic (exact) mass is 212 g/mol. The van der Waals surface area contributed by atoms with Crippen molar-refractivity contribution in [1.29, 1.82) is 0 Å². The van der Waals surface area contributed by atoms with Crippen molar-refractivity contribution in [2.75, 3.05) is 6.26 Å². The van der Waals surface area contributed by atoms with Crippen LogP contribution >= 0.6 is 11.8 Å². The number of aliphatic hydroxyl groups is 1. The second kappa shape index (κ2) is 3.43. The van der Waals surface area contributed by atoms with Gasteiger partial charge < -0.3 is 5.11 Å². The molecule has 0 aromatic carbocycles. The number of aromatic amines is 1. The summed E-state index contributed by atoms with van der Waals surface area (Å²) in [5, 5.41) is 12.2. The number of aromatic nitrogens is 4. The van der Waals surface area contributed by atoms with E-state index in [2.05, 4.69) is 15.1 Å². The van der Waals surface area contributed by atoms with Gasteiger partial charge in [0.1, 0.15) is 0 Å². The standard InChI is InChI=1S/C7H8N4O2S/c1-14-7-9-6-8-4(3-12)2-5(13)11(6)10-7/h2,12H,3H2,1H3,(H,8,9,10). The maximum absolute atomic E-state index is 11.4. The van der Waals surface area contributed by atoms with E-state index in [0.29, 0.717) is 10.9 Å². The molecule has 0 radical (unpaired) electrons. The fraction of sp³-hybridized carbons (Fsp3) is 0.286. The molecule has 0 spiro atoms. The number of hydrogen-bond acceptors (Lipinski definition) is 5. The highest BCUT2D eigenvalue weighted by molar-refractivity contribution is 7.98. The van der Waals surface area contributed by atoms with E-state index in [1.165, 1.54) is 22.3 Å². The third kappa shape index (κ3) is 1.40. The number of rotatable bonds is 2. The van der Waals surface area contributed by atoms with Crippen LogP contribution in [0.25, 0.3) is 5.78 Å². The molecule has 0 saturated heterocycles. The maximum Gasteiger partial charge on any atom is 0.274 e. The minimum Gasteiger partial charge on any atom is -0.390 e. The highest BCUT2D eigenvalue weighted by Crippen LogP contribution is 2.07. The quantitative estimate of drug-likeness (QED) is 0.664. The summed E-state index contributed by atoms with van der Waals surface area (Å²) in [6.45, 7) is -0.257. The van der Waals surface area contributed by atoms with Crippen molar-refractivity contribution in [3.05, 3.63) is 22.1 Å². The van der Waals surface area contributed by atoms with Crippen LogP contribution in [0.3, 0.4) is 0 Å². The molecule has 14 heavy (non-hydrogen) atoms. The molecule has 2 aromatic rings. The third-order valence-corrected chi connectivity index (χ3v) is 2.29. The molecule has 0 unspecified atom stereocenters. The van der Waals surface area contributed by atoms with Gasteiger partial charge in [0.05, 0.1) is 12.3 Å². The molecular weight excluding hydrogens is 204 g/mol. The molecule has 2 rings (SSSR count). The molecule has 7 heteroatoms. The van der Waals surface area contributed by atoms with E-state index < -0.39 is 0 Å². The number of hydrogen-bond donors (Lipinski definition) is 2. The number of nitrogens with zero attached hydrogens (tertiary/aromatic N) is 3. The van der Waals surface area contributed by atoms with Crippen molar-refractivity contribution in [2.24, 2.45) is 0 Å². The van der Waals surface area contributed by atoms with E-state index in [1.54, 1.807) is 0 Å². The van der Waals surface area contributed by atoms with Gasteiger partial charge in [0.25, 0.3) is 11.3 Å². The summed E-state index contributed by atoms with van der Waals surface area (Å²) < 4.78 is 1.24. The summed E-state index contributed by atoms with van der Waals surface area (Å²) in [4.78, 5) is 19.4. The van der Waals surface area contributed by atoms with Crippen molar-refractivity contribution in [3.63, 3.8) is 0 Å². The largest absolute Gasteiger partial charge is 0.390 e. The predicted molar refractivity (Wildman–Crippen MR) is 51.3 cm³/mol. The SMILES string of the molecule is CSc1nc2nc(CO)cc(=O)n2[nH]1. The Kier molecular flexibility index (Phi) is 2.26. The fourth-order valence-electron chi connectivity index (χ4n) is 1.08. The molecule has 0 saturated carbocycles. The topological polar surface area (TPSA) is 83.3 Å². The van der Waals surface area contributed by atoms with Crippen LogP contribution < -0.4 is 5.56 Å². The molecule has 2 aromatic heterocycles. The molecule has 2 heterocycles. The first-order valence-electron chi connectivity index (χ1n) is 3.88. The van der Waals surface area contributed by atoms with Gasteiger partial charge in [-0.1, -0.05) is 11.8 Å². The Labute approximate surface area is 83.0 Å². The van der Waals surface area contributed by atoms with Gasteiger partial charge >= 0.3 is 0 Å². The van der Waals surface area contributed by atoms with Crippen LogP contribution in [0.2, 0.25) is 0 Å². The summed E-state index contributed by atoms with van der Waals surface area (Å²) in [6, 6.07) is 1.27. The zero-order valence-electron chi connectivity index (χ0n) is 7.39. The lowest BCUT2D eigenvalue weighted by molar-refractivity contribution is 0.276.